The third-order valence-corrected chi connectivity index (χ3v) is 3.67. The number of carbonyl (C=O) groups excluding carboxylic acids is 2. The summed E-state index contributed by atoms with van der Waals surface area (Å²) in [4.78, 5) is 19.6. The standard InChI is InChI=1S/C13H10.C5H9NO4.2Na/c1-3-7-12-10(5-1)9-11-6-2-4-8-13(11)12;6-3(5(9)10)1-2-4(7)8;;/h1-8H,9H2;3H,1-2,6H2,(H,7,8)(H,9,10);;/q;;2*+1/p-2. The van der Waals surface area contributed by atoms with E-state index < -0.39 is 18.0 Å². The topological polar surface area (TPSA) is 106 Å². The number of nitrogens with two attached hydrogens (primary N) is 1. The Morgan fingerprint density at radius 3 is 1.76 bits per heavy atom. The van der Waals surface area contributed by atoms with E-state index in [-0.39, 0.29) is 72.0 Å². The Morgan fingerprint density at radius 2 is 1.36 bits per heavy atom. The van der Waals surface area contributed by atoms with Gasteiger partial charge in [-0.15, -0.1) is 0 Å². The number of aliphatic carboxylic acids is 2. The molecule has 0 bridgehead atoms. The molecule has 0 fully saturated rings. The molecule has 1 aliphatic carbocycles. The summed E-state index contributed by atoms with van der Waals surface area (Å²) in [5.41, 5.74) is 10.7. The van der Waals surface area contributed by atoms with E-state index in [0.717, 1.165) is 6.42 Å². The molecule has 1 aliphatic rings. The van der Waals surface area contributed by atoms with Gasteiger partial charge in [0.05, 0.1) is 5.97 Å². The average molecular weight is 357 g/mol. The van der Waals surface area contributed by atoms with Crippen LogP contribution in [0.2, 0.25) is 0 Å². The van der Waals surface area contributed by atoms with Gasteiger partial charge in [-0.2, -0.15) is 0 Å². The summed E-state index contributed by atoms with van der Waals surface area (Å²) in [6.07, 6.45) is 0.603. The fourth-order valence-electron chi connectivity index (χ4n) is 2.47. The molecule has 0 spiro atoms. The van der Waals surface area contributed by atoms with Gasteiger partial charge in [0, 0.05) is 12.0 Å². The molecule has 3 rings (SSSR count). The average Bonchev–Trinajstić information content (AvgIpc) is 2.91. The molecule has 25 heavy (non-hydrogen) atoms. The predicted molar refractivity (Wildman–Crippen MR) is 81.9 cm³/mol. The quantitative estimate of drug-likeness (QED) is 0.468. The molecule has 2 aromatic carbocycles. The maximum Gasteiger partial charge on any atom is 1.00 e. The number of hydrogen-bond acceptors (Lipinski definition) is 5. The van der Waals surface area contributed by atoms with Crippen molar-refractivity contribution < 1.29 is 78.9 Å². The summed E-state index contributed by atoms with van der Waals surface area (Å²) in [6.45, 7) is 0. The zero-order valence-corrected chi connectivity index (χ0v) is 18.5. The van der Waals surface area contributed by atoms with Gasteiger partial charge in [0.25, 0.3) is 0 Å². The summed E-state index contributed by atoms with van der Waals surface area (Å²) >= 11 is 0. The van der Waals surface area contributed by atoms with Crippen LogP contribution in [0.5, 0.6) is 0 Å². The van der Waals surface area contributed by atoms with Gasteiger partial charge in [-0.25, -0.2) is 0 Å². The normalized spacial score (nSPS) is 11.4. The molecule has 5 nitrogen and oxygen atoms in total. The molecule has 0 heterocycles. The van der Waals surface area contributed by atoms with Gasteiger partial charge in [0.15, 0.2) is 0 Å². The second-order valence-electron chi connectivity index (χ2n) is 5.33. The van der Waals surface area contributed by atoms with E-state index in [1.165, 1.54) is 22.3 Å². The minimum atomic E-state index is -1.44. The van der Waals surface area contributed by atoms with E-state index in [4.69, 9.17) is 5.73 Å². The predicted octanol–water partition coefficient (Wildman–Crippen LogP) is -6.14. The smallest absolute Gasteiger partial charge is 0.550 e. The summed E-state index contributed by atoms with van der Waals surface area (Å²) in [6, 6.07) is 16.1. The zero-order valence-electron chi connectivity index (χ0n) is 14.5. The monoisotopic (exact) mass is 357 g/mol. The first-order chi connectivity index (χ1) is 11.0. The van der Waals surface area contributed by atoms with Gasteiger partial charge in [0.2, 0.25) is 0 Å². The van der Waals surface area contributed by atoms with Crippen LogP contribution in [0, 0.1) is 0 Å². The van der Waals surface area contributed by atoms with E-state index in [2.05, 4.69) is 48.5 Å². The molecule has 2 aromatic rings. The Hall–Kier alpha value is -0.660. The van der Waals surface area contributed by atoms with Crippen molar-refractivity contribution in [1.82, 2.24) is 0 Å². The molecule has 0 saturated heterocycles. The molecule has 7 heteroatoms. The Kier molecular flexibility index (Phi) is 11.5. The van der Waals surface area contributed by atoms with Gasteiger partial charge >= 0.3 is 59.1 Å². The number of carboxylic acid groups (broad SMARTS) is 2. The molecule has 0 aliphatic heterocycles. The van der Waals surface area contributed by atoms with Crippen LogP contribution in [0.3, 0.4) is 0 Å². The Balaban J connectivity index is 0.000000444. The minimum Gasteiger partial charge on any atom is -0.550 e. The van der Waals surface area contributed by atoms with Crippen molar-refractivity contribution >= 4 is 11.9 Å². The molecular formula is C18H17NNa2O4. The number of carboxylic acids is 2. The summed E-state index contributed by atoms with van der Waals surface area (Å²) < 4.78 is 0. The maximum absolute atomic E-state index is 9.86. The van der Waals surface area contributed by atoms with Gasteiger partial charge in [-0.05, 0) is 41.5 Å². The fourth-order valence-corrected chi connectivity index (χ4v) is 2.47. The van der Waals surface area contributed by atoms with Crippen molar-refractivity contribution in [2.45, 2.75) is 25.3 Å². The molecule has 1 atom stereocenters. The summed E-state index contributed by atoms with van der Waals surface area (Å²) in [5.74, 6) is -2.75. The fraction of sp³-hybridized carbons (Fsp3) is 0.222. The van der Waals surface area contributed by atoms with Gasteiger partial charge in [-0.1, -0.05) is 48.5 Å². The van der Waals surface area contributed by atoms with Crippen molar-refractivity contribution in [3.8, 4) is 11.1 Å². The molecule has 0 amide bonds. The number of benzene rings is 2. The molecule has 0 aromatic heterocycles. The van der Waals surface area contributed by atoms with Crippen LogP contribution in [-0.2, 0) is 16.0 Å². The van der Waals surface area contributed by atoms with Crippen LogP contribution in [0.25, 0.3) is 11.1 Å². The number of rotatable bonds is 4. The minimum absolute atomic E-state index is 0. The maximum atomic E-state index is 9.86. The third-order valence-electron chi connectivity index (χ3n) is 3.67. The van der Waals surface area contributed by atoms with E-state index in [1.807, 2.05) is 0 Å². The van der Waals surface area contributed by atoms with Crippen LogP contribution >= 0.6 is 0 Å². The number of fused-ring (bicyclic) bond motifs is 3. The number of carbonyl (C=O) groups is 2. The molecular weight excluding hydrogens is 340 g/mol. The van der Waals surface area contributed by atoms with Crippen molar-refractivity contribution in [2.24, 2.45) is 5.73 Å². The Bertz CT molecular complexity index is 678. The Labute approximate surface area is 191 Å². The van der Waals surface area contributed by atoms with E-state index >= 15 is 0 Å². The first kappa shape index (κ1) is 24.3. The van der Waals surface area contributed by atoms with Gasteiger partial charge in [-0.3, -0.25) is 0 Å². The van der Waals surface area contributed by atoms with Gasteiger partial charge < -0.3 is 25.5 Å². The third kappa shape index (κ3) is 7.23. The molecule has 1 unspecified atom stereocenters. The zero-order chi connectivity index (χ0) is 16.8. The Morgan fingerprint density at radius 1 is 0.920 bits per heavy atom. The van der Waals surface area contributed by atoms with Crippen molar-refractivity contribution in [3.63, 3.8) is 0 Å². The van der Waals surface area contributed by atoms with Crippen molar-refractivity contribution in [2.75, 3.05) is 0 Å². The summed E-state index contributed by atoms with van der Waals surface area (Å²) in [5, 5.41) is 19.6. The summed E-state index contributed by atoms with van der Waals surface area (Å²) in [7, 11) is 0. The van der Waals surface area contributed by atoms with E-state index in [1.54, 1.807) is 0 Å². The first-order valence-electron chi connectivity index (χ1n) is 7.31. The first-order valence-corrected chi connectivity index (χ1v) is 7.31. The van der Waals surface area contributed by atoms with Crippen molar-refractivity contribution in [1.29, 1.82) is 0 Å². The number of hydrogen-bond donors (Lipinski definition) is 1. The van der Waals surface area contributed by atoms with Crippen LogP contribution < -0.4 is 75.1 Å². The van der Waals surface area contributed by atoms with Crippen LogP contribution in [-0.4, -0.2) is 18.0 Å². The second-order valence-corrected chi connectivity index (χ2v) is 5.33. The van der Waals surface area contributed by atoms with E-state index in [9.17, 15) is 19.8 Å². The molecule has 0 saturated carbocycles. The molecule has 2 N–H and O–H groups in total. The largest absolute Gasteiger partial charge is 1.00 e. The van der Waals surface area contributed by atoms with Gasteiger partial charge in [0.1, 0.15) is 0 Å². The molecule has 120 valence electrons. The van der Waals surface area contributed by atoms with Crippen LogP contribution in [0.4, 0.5) is 0 Å². The molecule has 0 radical (unpaired) electrons. The van der Waals surface area contributed by atoms with E-state index in [0.29, 0.717) is 0 Å². The van der Waals surface area contributed by atoms with Crippen LogP contribution in [0.1, 0.15) is 24.0 Å². The van der Waals surface area contributed by atoms with Crippen LogP contribution in [0.15, 0.2) is 48.5 Å². The SMILES string of the molecule is NC(CCC(=O)[O-])C(=O)[O-].[Na+].[Na+].c1ccc2c(c1)Cc1ccccc1-2. The van der Waals surface area contributed by atoms with Crippen molar-refractivity contribution in [3.05, 3.63) is 59.7 Å². The second kappa shape index (κ2) is 11.9.